The summed E-state index contributed by atoms with van der Waals surface area (Å²) in [7, 11) is 0. The van der Waals surface area contributed by atoms with E-state index in [9.17, 15) is 18.0 Å². The van der Waals surface area contributed by atoms with Crippen molar-refractivity contribution in [3.63, 3.8) is 0 Å². The molecule has 1 heterocycles. The Kier molecular flexibility index (Phi) is 5.08. The van der Waals surface area contributed by atoms with Crippen LogP contribution in [0.5, 0.6) is 0 Å². The van der Waals surface area contributed by atoms with Crippen molar-refractivity contribution < 1.29 is 22.7 Å². The molecule has 0 fully saturated rings. The van der Waals surface area contributed by atoms with Gasteiger partial charge in [0.25, 0.3) is 0 Å². The summed E-state index contributed by atoms with van der Waals surface area (Å²) >= 11 is 1.10. The van der Waals surface area contributed by atoms with E-state index in [1.54, 1.807) is 6.92 Å². The van der Waals surface area contributed by atoms with Crippen LogP contribution in [0.25, 0.3) is 21.8 Å². The Morgan fingerprint density at radius 1 is 1.04 bits per heavy atom. The maximum Gasteiger partial charge on any atom is 0.416 e. The van der Waals surface area contributed by atoms with Gasteiger partial charge in [-0.3, -0.25) is 0 Å². The molecule has 3 rings (SSSR count). The fraction of sp³-hybridized carbons (Fsp3) is 0.158. The van der Waals surface area contributed by atoms with E-state index in [2.05, 4.69) is 4.98 Å². The molecular formula is C19H14F3NO2S. The molecule has 0 aliphatic heterocycles. The number of alkyl halides is 3. The minimum Gasteiger partial charge on any atom is -0.462 e. The van der Waals surface area contributed by atoms with E-state index in [1.807, 2.05) is 30.3 Å². The van der Waals surface area contributed by atoms with Crippen LogP contribution in [0.3, 0.4) is 0 Å². The lowest BCUT2D eigenvalue weighted by molar-refractivity contribution is -0.137. The van der Waals surface area contributed by atoms with Crippen LogP contribution < -0.4 is 0 Å². The monoisotopic (exact) mass is 377 g/mol. The van der Waals surface area contributed by atoms with Gasteiger partial charge in [0, 0.05) is 11.1 Å². The quantitative estimate of drug-likeness (QED) is 0.550. The number of aromatic nitrogens is 1. The molecule has 0 aliphatic carbocycles. The first-order valence-corrected chi connectivity index (χ1v) is 8.62. The van der Waals surface area contributed by atoms with Gasteiger partial charge < -0.3 is 4.74 Å². The van der Waals surface area contributed by atoms with E-state index in [1.165, 1.54) is 12.1 Å². The zero-order valence-corrected chi connectivity index (χ0v) is 14.5. The molecular weight excluding hydrogens is 363 g/mol. The Balaban J connectivity index is 2.05. The fourth-order valence-electron chi connectivity index (χ4n) is 2.37. The lowest BCUT2D eigenvalue weighted by Crippen LogP contribution is -2.03. The van der Waals surface area contributed by atoms with E-state index in [-0.39, 0.29) is 6.61 Å². The highest BCUT2D eigenvalue weighted by molar-refractivity contribution is 7.17. The first kappa shape index (κ1) is 18.1. The number of thiazole rings is 1. The number of carbonyl (C=O) groups excluding carboxylic acids is 1. The minimum absolute atomic E-state index is 0.223. The van der Waals surface area contributed by atoms with E-state index in [0.717, 1.165) is 29.0 Å². The molecule has 1 aromatic heterocycles. The minimum atomic E-state index is -4.40. The van der Waals surface area contributed by atoms with Crippen LogP contribution in [0, 0.1) is 0 Å². The summed E-state index contributed by atoms with van der Waals surface area (Å²) in [5, 5.41) is 0.459. The van der Waals surface area contributed by atoms with Crippen molar-refractivity contribution in [1.82, 2.24) is 4.98 Å². The van der Waals surface area contributed by atoms with Gasteiger partial charge in [0.2, 0.25) is 0 Å². The third kappa shape index (κ3) is 3.77. The third-order valence-electron chi connectivity index (χ3n) is 3.59. The summed E-state index contributed by atoms with van der Waals surface area (Å²) in [6.07, 6.45) is -4.40. The van der Waals surface area contributed by atoms with Crippen molar-refractivity contribution in [2.45, 2.75) is 13.1 Å². The predicted octanol–water partition coefficient (Wildman–Crippen LogP) is 5.67. The van der Waals surface area contributed by atoms with Crippen molar-refractivity contribution in [1.29, 1.82) is 0 Å². The van der Waals surface area contributed by atoms with Gasteiger partial charge >= 0.3 is 12.1 Å². The number of ether oxygens (including phenoxy) is 1. The number of hydrogen-bond acceptors (Lipinski definition) is 4. The Morgan fingerprint density at radius 3 is 2.27 bits per heavy atom. The molecule has 0 radical (unpaired) electrons. The fourth-order valence-corrected chi connectivity index (χ4v) is 3.36. The van der Waals surface area contributed by atoms with Crippen molar-refractivity contribution in [2.75, 3.05) is 6.61 Å². The molecule has 0 amide bonds. The number of nitrogens with zero attached hydrogens (tertiary/aromatic N) is 1. The van der Waals surface area contributed by atoms with Gasteiger partial charge in [-0.15, -0.1) is 11.3 Å². The largest absolute Gasteiger partial charge is 0.462 e. The van der Waals surface area contributed by atoms with Crippen molar-refractivity contribution in [3.8, 4) is 21.8 Å². The highest BCUT2D eigenvalue weighted by atomic mass is 32.1. The van der Waals surface area contributed by atoms with Gasteiger partial charge in [0.1, 0.15) is 9.88 Å². The number of rotatable bonds is 4. The normalized spacial score (nSPS) is 11.4. The van der Waals surface area contributed by atoms with Crippen LogP contribution in [-0.2, 0) is 10.9 Å². The van der Waals surface area contributed by atoms with Crippen LogP contribution in [0.15, 0.2) is 54.6 Å². The summed E-state index contributed by atoms with van der Waals surface area (Å²) < 4.78 is 43.3. The summed E-state index contributed by atoms with van der Waals surface area (Å²) in [6, 6.07) is 13.8. The second-order valence-electron chi connectivity index (χ2n) is 5.36. The molecule has 3 nitrogen and oxygen atoms in total. The molecule has 0 atom stereocenters. The third-order valence-corrected chi connectivity index (χ3v) is 4.68. The van der Waals surface area contributed by atoms with Gasteiger partial charge in [-0.2, -0.15) is 13.2 Å². The lowest BCUT2D eigenvalue weighted by atomic mass is 10.1. The van der Waals surface area contributed by atoms with Crippen molar-refractivity contribution in [2.24, 2.45) is 0 Å². The summed E-state index contributed by atoms with van der Waals surface area (Å²) in [6.45, 7) is 1.93. The highest BCUT2D eigenvalue weighted by Crippen LogP contribution is 2.36. The Hall–Kier alpha value is -2.67. The van der Waals surface area contributed by atoms with Crippen LogP contribution in [-0.4, -0.2) is 17.6 Å². The molecule has 2 aromatic carbocycles. The Morgan fingerprint density at radius 2 is 1.69 bits per heavy atom. The van der Waals surface area contributed by atoms with Crippen molar-refractivity contribution >= 4 is 17.3 Å². The Bertz CT molecular complexity index is 903. The molecule has 134 valence electrons. The number of esters is 1. The average molecular weight is 377 g/mol. The number of benzene rings is 2. The average Bonchev–Trinajstić information content (AvgIpc) is 3.07. The van der Waals surface area contributed by atoms with E-state index in [4.69, 9.17) is 4.74 Å². The number of halogens is 3. The van der Waals surface area contributed by atoms with E-state index >= 15 is 0 Å². The van der Waals surface area contributed by atoms with E-state index in [0.29, 0.717) is 21.1 Å². The number of carbonyl (C=O) groups is 1. The first-order chi connectivity index (χ1) is 12.4. The Labute approximate surface area is 152 Å². The molecule has 26 heavy (non-hydrogen) atoms. The summed E-state index contributed by atoms with van der Waals surface area (Å²) in [4.78, 5) is 17.1. The topological polar surface area (TPSA) is 39.2 Å². The molecule has 0 bridgehead atoms. The zero-order valence-electron chi connectivity index (χ0n) is 13.7. The SMILES string of the molecule is CCOC(=O)c1sc(-c2ccc(C(F)(F)F)cc2)nc1-c1ccccc1. The van der Waals surface area contributed by atoms with Gasteiger partial charge in [0.15, 0.2) is 0 Å². The molecule has 0 saturated carbocycles. The zero-order chi connectivity index (χ0) is 18.7. The second-order valence-corrected chi connectivity index (χ2v) is 6.36. The molecule has 7 heteroatoms. The van der Waals surface area contributed by atoms with Crippen LogP contribution >= 0.6 is 11.3 Å². The number of hydrogen-bond donors (Lipinski definition) is 0. The van der Waals surface area contributed by atoms with Gasteiger partial charge in [-0.1, -0.05) is 42.5 Å². The van der Waals surface area contributed by atoms with Crippen LogP contribution in [0.4, 0.5) is 13.2 Å². The smallest absolute Gasteiger partial charge is 0.416 e. The van der Waals surface area contributed by atoms with Gasteiger partial charge in [0.05, 0.1) is 17.9 Å². The van der Waals surface area contributed by atoms with Crippen molar-refractivity contribution in [3.05, 3.63) is 65.0 Å². The molecule has 0 saturated heterocycles. The van der Waals surface area contributed by atoms with E-state index < -0.39 is 17.7 Å². The maximum atomic E-state index is 12.7. The molecule has 0 N–H and O–H groups in total. The molecule has 0 unspecified atom stereocenters. The van der Waals surface area contributed by atoms with Gasteiger partial charge in [-0.25, -0.2) is 9.78 Å². The molecule has 0 spiro atoms. The van der Waals surface area contributed by atoms with Crippen LogP contribution in [0.1, 0.15) is 22.2 Å². The summed E-state index contributed by atoms with van der Waals surface area (Å²) in [5.74, 6) is -0.498. The van der Waals surface area contributed by atoms with Gasteiger partial charge in [-0.05, 0) is 19.1 Å². The predicted molar refractivity (Wildman–Crippen MR) is 93.9 cm³/mol. The molecule has 3 aromatic rings. The first-order valence-electron chi connectivity index (χ1n) is 7.81. The van der Waals surface area contributed by atoms with Crippen LogP contribution in [0.2, 0.25) is 0 Å². The lowest BCUT2D eigenvalue weighted by Gasteiger charge is -2.06. The standard InChI is InChI=1S/C19H14F3NO2S/c1-2-25-18(24)16-15(12-6-4-3-5-7-12)23-17(26-16)13-8-10-14(11-9-13)19(20,21)22/h3-11H,2H2,1H3. The molecule has 0 aliphatic rings. The maximum absolute atomic E-state index is 12.7. The highest BCUT2D eigenvalue weighted by Gasteiger charge is 2.30. The second kappa shape index (κ2) is 7.29. The summed E-state index contributed by atoms with van der Waals surface area (Å²) in [5.41, 5.74) is 0.983.